The lowest BCUT2D eigenvalue weighted by molar-refractivity contribution is -0.132. The van der Waals surface area contributed by atoms with Crippen molar-refractivity contribution >= 4 is 17.6 Å². The second-order valence-corrected chi connectivity index (χ2v) is 8.61. The van der Waals surface area contributed by atoms with Crippen molar-refractivity contribution in [3.8, 4) is 17.0 Å². The fourth-order valence-corrected chi connectivity index (χ4v) is 4.18. The molecule has 36 heavy (non-hydrogen) atoms. The number of piperazine rings is 1. The highest BCUT2D eigenvalue weighted by Crippen LogP contribution is 2.23. The zero-order valence-corrected chi connectivity index (χ0v) is 20.6. The monoisotopic (exact) mass is 491 g/mol. The fraction of sp³-hybridized carbons (Fsp3) is 0.333. The maximum atomic E-state index is 13.2. The molecule has 1 aliphatic heterocycles. The summed E-state index contributed by atoms with van der Waals surface area (Å²) in [4.78, 5) is 31.3. The number of hydrogen-bond donors (Lipinski definition) is 0. The Kier molecular flexibility index (Phi) is 8.10. The van der Waals surface area contributed by atoms with E-state index in [1.54, 1.807) is 12.0 Å². The highest BCUT2D eigenvalue weighted by atomic mass is 19.1. The number of benzene rings is 2. The van der Waals surface area contributed by atoms with Gasteiger partial charge in [0.1, 0.15) is 18.1 Å². The Bertz CT molecular complexity index is 1180. The molecular formula is C27H30FN5O3. The number of nitrogens with zero attached hydrogens (tertiary/aromatic N) is 5. The van der Waals surface area contributed by atoms with Gasteiger partial charge in [0.2, 0.25) is 5.91 Å². The number of anilines is 1. The van der Waals surface area contributed by atoms with Crippen LogP contribution in [0.25, 0.3) is 11.3 Å². The van der Waals surface area contributed by atoms with Crippen LogP contribution in [0.1, 0.15) is 23.7 Å². The van der Waals surface area contributed by atoms with E-state index in [2.05, 4.69) is 15.1 Å². The largest absolute Gasteiger partial charge is 0.497 e. The number of hydrogen-bond acceptors (Lipinski definition) is 6. The van der Waals surface area contributed by atoms with E-state index in [4.69, 9.17) is 4.74 Å². The molecule has 0 unspecified atom stereocenters. The molecule has 0 aliphatic carbocycles. The summed E-state index contributed by atoms with van der Waals surface area (Å²) in [6.45, 7) is 4.72. The van der Waals surface area contributed by atoms with E-state index >= 15 is 0 Å². The van der Waals surface area contributed by atoms with E-state index in [0.717, 1.165) is 29.2 Å². The van der Waals surface area contributed by atoms with Crippen LogP contribution in [0.3, 0.4) is 0 Å². The molecule has 1 aliphatic rings. The second kappa shape index (κ2) is 11.6. The van der Waals surface area contributed by atoms with Gasteiger partial charge in [0, 0.05) is 43.9 Å². The number of rotatable bonds is 8. The highest BCUT2D eigenvalue weighted by molar-refractivity contribution is 5.96. The first-order chi connectivity index (χ1) is 17.5. The van der Waals surface area contributed by atoms with E-state index in [1.807, 2.05) is 43.3 Å². The maximum absolute atomic E-state index is 13.2. The van der Waals surface area contributed by atoms with E-state index in [1.165, 1.54) is 29.2 Å². The summed E-state index contributed by atoms with van der Waals surface area (Å²) in [5.41, 5.74) is 2.06. The van der Waals surface area contributed by atoms with Gasteiger partial charge < -0.3 is 19.4 Å². The molecule has 4 rings (SSSR count). The minimum absolute atomic E-state index is 0.000902. The van der Waals surface area contributed by atoms with Crippen molar-refractivity contribution in [2.24, 2.45) is 0 Å². The minimum atomic E-state index is -0.401. The summed E-state index contributed by atoms with van der Waals surface area (Å²) in [5, 5.41) is 8.76. The first-order valence-corrected chi connectivity index (χ1v) is 12.0. The molecule has 1 fully saturated rings. The molecule has 2 heterocycles. The zero-order chi connectivity index (χ0) is 25.5. The highest BCUT2D eigenvalue weighted by Gasteiger charge is 2.25. The van der Waals surface area contributed by atoms with Crippen LogP contribution in [0, 0.1) is 5.82 Å². The number of amides is 2. The standard InChI is InChI=1S/C27H30FN5O3/c1-3-13-33(27(35)20-7-9-22(28)10-8-20)19-26(34)32-16-14-31(15-17-32)25-12-11-24(29-30-25)21-5-4-6-23(18-21)36-2/h4-12,18H,3,13-17,19H2,1-2H3. The molecule has 0 atom stereocenters. The maximum Gasteiger partial charge on any atom is 0.254 e. The van der Waals surface area contributed by atoms with Gasteiger partial charge >= 0.3 is 0 Å². The molecule has 188 valence electrons. The van der Waals surface area contributed by atoms with Crippen molar-refractivity contribution in [3.63, 3.8) is 0 Å². The normalized spacial score (nSPS) is 13.4. The summed E-state index contributed by atoms with van der Waals surface area (Å²) in [6, 6.07) is 16.9. The molecule has 0 saturated carbocycles. The molecular weight excluding hydrogens is 461 g/mol. The third-order valence-electron chi connectivity index (χ3n) is 6.17. The van der Waals surface area contributed by atoms with Crippen LogP contribution >= 0.6 is 0 Å². The number of ether oxygens (including phenoxy) is 1. The Hall–Kier alpha value is -4.01. The molecule has 1 aromatic heterocycles. The zero-order valence-electron chi connectivity index (χ0n) is 20.6. The van der Waals surface area contributed by atoms with Crippen LogP contribution in [0.5, 0.6) is 5.75 Å². The molecule has 0 radical (unpaired) electrons. The average molecular weight is 492 g/mol. The van der Waals surface area contributed by atoms with Crippen LogP contribution in [-0.4, -0.2) is 78.2 Å². The van der Waals surface area contributed by atoms with Gasteiger partial charge in [-0.1, -0.05) is 19.1 Å². The summed E-state index contributed by atoms with van der Waals surface area (Å²) in [6.07, 6.45) is 0.721. The molecule has 8 nitrogen and oxygen atoms in total. The average Bonchev–Trinajstić information content (AvgIpc) is 2.93. The van der Waals surface area contributed by atoms with E-state index in [9.17, 15) is 14.0 Å². The Morgan fingerprint density at radius 1 is 1.00 bits per heavy atom. The first-order valence-electron chi connectivity index (χ1n) is 12.0. The smallest absolute Gasteiger partial charge is 0.254 e. The van der Waals surface area contributed by atoms with Crippen LogP contribution in [0.15, 0.2) is 60.7 Å². The van der Waals surface area contributed by atoms with Gasteiger partial charge in [0.15, 0.2) is 5.82 Å². The summed E-state index contributed by atoms with van der Waals surface area (Å²) in [7, 11) is 1.63. The second-order valence-electron chi connectivity index (χ2n) is 8.61. The third-order valence-corrected chi connectivity index (χ3v) is 6.17. The summed E-state index contributed by atoms with van der Waals surface area (Å²) < 4.78 is 18.5. The van der Waals surface area contributed by atoms with E-state index < -0.39 is 5.82 Å². The van der Waals surface area contributed by atoms with Crippen molar-refractivity contribution in [1.82, 2.24) is 20.0 Å². The van der Waals surface area contributed by atoms with Gasteiger partial charge in [0.25, 0.3) is 5.91 Å². The van der Waals surface area contributed by atoms with Crippen molar-refractivity contribution in [1.29, 1.82) is 0 Å². The Morgan fingerprint density at radius 2 is 1.75 bits per heavy atom. The lowest BCUT2D eigenvalue weighted by Gasteiger charge is -2.36. The van der Waals surface area contributed by atoms with Gasteiger partial charge in [-0.25, -0.2) is 4.39 Å². The van der Waals surface area contributed by atoms with E-state index in [-0.39, 0.29) is 18.4 Å². The van der Waals surface area contributed by atoms with Crippen LogP contribution in [0.4, 0.5) is 10.2 Å². The van der Waals surface area contributed by atoms with Crippen molar-refractivity contribution in [2.45, 2.75) is 13.3 Å². The minimum Gasteiger partial charge on any atom is -0.497 e. The van der Waals surface area contributed by atoms with Gasteiger partial charge in [-0.2, -0.15) is 0 Å². The molecule has 9 heteroatoms. The fourth-order valence-electron chi connectivity index (χ4n) is 4.18. The molecule has 3 aromatic rings. The number of carbonyl (C=O) groups is 2. The van der Waals surface area contributed by atoms with Crippen molar-refractivity contribution < 1.29 is 18.7 Å². The molecule has 0 N–H and O–H groups in total. The number of carbonyl (C=O) groups excluding carboxylic acids is 2. The first kappa shape index (κ1) is 25.1. The van der Waals surface area contributed by atoms with E-state index in [0.29, 0.717) is 38.3 Å². The SMILES string of the molecule is CCCN(CC(=O)N1CCN(c2ccc(-c3cccc(OC)c3)nn2)CC1)C(=O)c1ccc(F)cc1. The predicted octanol–water partition coefficient (Wildman–Crippen LogP) is 3.49. The van der Waals surface area contributed by atoms with Crippen LogP contribution in [-0.2, 0) is 4.79 Å². The number of methoxy groups -OCH3 is 1. The third kappa shape index (κ3) is 5.97. The molecule has 2 amide bonds. The Labute approximate surface area is 210 Å². The lowest BCUT2D eigenvalue weighted by Crippen LogP contribution is -2.52. The lowest BCUT2D eigenvalue weighted by atomic mass is 10.1. The molecule has 0 spiro atoms. The van der Waals surface area contributed by atoms with Gasteiger partial charge in [-0.15, -0.1) is 10.2 Å². The molecule has 1 saturated heterocycles. The van der Waals surface area contributed by atoms with Gasteiger partial charge in [-0.05, 0) is 55.0 Å². The van der Waals surface area contributed by atoms with Gasteiger partial charge in [-0.3, -0.25) is 9.59 Å². The Morgan fingerprint density at radius 3 is 2.39 bits per heavy atom. The van der Waals surface area contributed by atoms with Crippen LogP contribution in [0.2, 0.25) is 0 Å². The number of aromatic nitrogens is 2. The van der Waals surface area contributed by atoms with Crippen molar-refractivity contribution in [3.05, 3.63) is 72.0 Å². The molecule has 0 bridgehead atoms. The molecule has 2 aromatic carbocycles. The predicted molar refractivity (Wildman–Crippen MR) is 135 cm³/mol. The topological polar surface area (TPSA) is 78.9 Å². The summed E-state index contributed by atoms with van der Waals surface area (Å²) >= 11 is 0. The number of halogens is 1. The van der Waals surface area contributed by atoms with Crippen LogP contribution < -0.4 is 9.64 Å². The van der Waals surface area contributed by atoms with Crippen molar-refractivity contribution in [2.75, 3.05) is 51.3 Å². The quantitative estimate of drug-likeness (QED) is 0.480. The Balaban J connectivity index is 1.33. The van der Waals surface area contributed by atoms with Gasteiger partial charge in [0.05, 0.1) is 12.8 Å². The summed E-state index contributed by atoms with van der Waals surface area (Å²) in [5.74, 6) is 0.749.